The summed E-state index contributed by atoms with van der Waals surface area (Å²) in [7, 11) is 0. The van der Waals surface area contributed by atoms with Crippen molar-refractivity contribution in [1.82, 2.24) is 25.0 Å². The normalized spacial score (nSPS) is 19.0. The summed E-state index contributed by atoms with van der Waals surface area (Å²) in [6, 6.07) is 6.51. The number of aromatic nitrogens is 3. The average molecular weight is 345 g/mol. The molecule has 0 bridgehead atoms. The highest BCUT2D eigenvalue weighted by Crippen LogP contribution is 2.21. The van der Waals surface area contributed by atoms with Gasteiger partial charge < -0.3 is 5.32 Å². The predicted octanol–water partition coefficient (Wildman–Crippen LogP) is 1.63. The number of likely N-dealkylation sites (tertiary alicyclic amines) is 1. The van der Waals surface area contributed by atoms with Gasteiger partial charge in [0, 0.05) is 12.6 Å². The summed E-state index contributed by atoms with van der Waals surface area (Å²) in [5.74, 6) is -0.207. The Kier molecular flexibility index (Phi) is 5.75. The molecule has 1 aliphatic heterocycles. The number of nitrogens with one attached hydrogen (secondary N) is 1. The molecular weight excluding hydrogens is 321 g/mol. The lowest BCUT2D eigenvalue weighted by Gasteiger charge is -2.29. The van der Waals surface area contributed by atoms with Crippen LogP contribution in [0, 0.1) is 5.82 Å². The molecule has 0 aliphatic carbocycles. The smallest absolute Gasteiger partial charge is 0.237 e. The van der Waals surface area contributed by atoms with E-state index in [9.17, 15) is 9.18 Å². The maximum Gasteiger partial charge on any atom is 0.237 e. The number of rotatable bonds is 7. The number of nitrogens with zero attached hydrogens (tertiary/aromatic N) is 4. The van der Waals surface area contributed by atoms with Crippen molar-refractivity contribution in [3.05, 3.63) is 48.3 Å². The lowest BCUT2D eigenvalue weighted by Crippen LogP contribution is -2.48. The summed E-state index contributed by atoms with van der Waals surface area (Å²) < 4.78 is 14.7. The first-order valence-electron chi connectivity index (χ1n) is 8.74. The molecule has 1 aromatic heterocycles. The van der Waals surface area contributed by atoms with Gasteiger partial charge in [-0.2, -0.15) is 5.10 Å². The van der Waals surface area contributed by atoms with Crippen LogP contribution in [0.4, 0.5) is 4.39 Å². The van der Waals surface area contributed by atoms with E-state index >= 15 is 0 Å². The lowest BCUT2D eigenvalue weighted by molar-refractivity contribution is -0.126. The highest BCUT2D eigenvalue weighted by molar-refractivity contribution is 5.81. The molecule has 7 heteroatoms. The van der Waals surface area contributed by atoms with Gasteiger partial charge in [0.05, 0.1) is 12.6 Å². The Hall–Kier alpha value is -2.28. The minimum atomic E-state index is -0.242. The number of halogens is 1. The van der Waals surface area contributed by atoms with Crippen molar-refractivity contribution >= 4 is 5.91 Å². The zero-order chi connectivity index (χ0) is 17.6. The first-order valence-corrected chi connectivity index (χ1v) is 8.74. The molecule has 3 rings (SSSR count). The van der Waals surface area contributed by atoms with Crippen molar-refractivity contribution < 1.29 is 9.18 Å². The quantitative estimate of drug-likeness (QED) is 0.828. The Labute approximate surface area is 147 Å². The molecule has 1 aromatic carbocycles. The van der Waals surface area contributed by atoms with Crippen LogP contribution in [0.15, 0.2) is 36.9 Å². The van der Waals surface area contributed by atoms with Crippen LogP contribution >= 0.6 is 0 Å². The van der Waals surface area contributed by atoms with Crippen LogP contribution in [0.25, 0.3) is 0 Å². The molecule has 0 saturated carbocycles. The third-order valence-electron chi connectivity index (χ3n) is 4.79. The van der Waals surface area contributed by atoms with E-state index < -0.39 is 0 Å². The van der Waals surface area contributed by atoms with E-state index in [0.717, 1.165) is 31.5 Å². The number of carbonyl (C=O) groups excluding carboxylic acids is 1. The molecule has 6 nitrogen and oxygen atoms in total. The van der Waals surface area contributed by atoms with Crippen molar-refractivity contribution in [2.24, 2.45) is 0 Å². The highest BCUT2D eigenvalue weighted by atomic mass is 19.1. The van der Waals surface area contributed by atoms with Gasteiger partial charge in [0.2, 0.25) is 5.91 Å². The molecular formula is C18H24FN5O. The minimum absolute atomic E-state index is 0.0348. The van der Waals surface area contributed by atoms with E-state index in [0.29, 0.717) is 19.0 Å². The van der Waals surface area contributed by atoms with Crippen molar-refractivity contribution in [3.8, 4) is 0 Å². The van der Waals surface area contributed by atoms with Gasteiger partial charge in [0.1, 0.15) is 18.5 Å². The van der Waals surface area contributed by atoms with E-state index in [-0.39, 0.29) is 17.8 Å². The Balaban J connectivity index is 1.48. The van der Waals surface area contributed by atoms with Gasteiger partial charge in [0.25, 0.3) is 0 Å². The van der Waals surface area contributed by atoms with E-state index in [1.54, 1.807) is 18.5 Å². The van der Waals surface area contributed by atoms with Crippen LogP contribution in [-0.4, -0.2) is 50.7 Å². The van der Waals surface area contributed by atoms with Gasteiger partial charge >= 0.3 is 0 Å². The number of hydrogen-bond acceptors (Lipinski definition) is 4. The fraction of sp³-hybridized carbons (Fsp3) is 0.500. The Bertz CT molecular complexity index is 673. The summed E-state index contributed by atoms with van der Waals surface area (Å²) in [6.45, 7) is 4.18. The summed E-state index contributed by atoms with van der Waals surface area (Å²) in [5, 5.41) is 7.15. The molecule has 2 aromatic rings. The molecule has 1 N–H and O–H groups in total. The molecule has 2 heterocycles. The van der Waals surface area contributed by atoms with Gasteiger partial charge in [-0.1, -0.05) is 12.1 Å². The van der Waals surface area contributed by atoms with E-state index in [1.165, 1.54) is 18.5 Å². The van der Waals surface area contributed by atoms with E-state index in [4.69, 9.17) is 0 Å². The number of amides is 1. The van der Waals surface area contributed by atoms with Crippen LogP contribution in [0.1, 0.15) is 25.3 Å². The van der Waals surface area contributed by atoms with Crippen LogP contribution in [-0.2, 0) is 17.8 Å². The molecule has 1 amide bonds. The fourth-order valence-electron chi connectivity index (χ4n) is 3.39. The molecule has 1 fully saturated rings. The van der Waals surface area contributed by atoms with Crippen LogP contribution in [0.3, 0.4) is 0 Å². The fourth-order valence-corrected chi connectivity index (χ4v) is 3.39. The maximum atomic E-state index is 12.9. The zero-order valence-electron chi connectivity index (χ0n) is 14.4. The second-order valence-corrected chi connectivity index (χ2v) is 6.49. The third kappa shape index (κ3) is 4.63. The van der Waals surface area contributed by atoms with E-state index in [2.05, 4.69) is 20.3 Å². The van der Waals surface area contributed by atoms with Crippen molar-refractivity contribution in [2.45, 2.75) is 44.8 Å². The number of benzene rings is 1. The van der Waals surface area contributed by atoms with Crippen molar-refractivity contribution in [2.75, 3.05) is 13.1 Å². The zero-order valence-corrected chi connectivity index (χ0v) is 14.4. The molecule has 0 radical (unpaired) electrons. The second kappa shape index (κ2) is 8.20. The highest BCUT2D eigenvalue weighted by Gasteiger charge is 2.32. The molecule has 134 valence electrons. The first-order chi connectivity index (χ1) is 12.1. The lowest BCUT2D eigenvalue weighted by atomic mass is 10.1. The van der Waals surface area contributed by atoms with Gasteiger partial charge in [0.15, 0.2) is 0 Å². The van der Waals surface area contributed by atoms with Crippen molar-refractivity contribution in [3.63, 3.8) is 0 Å². The van der Waals surface area contributed by atoms with Gasteiger partial charge in [-0.15, -0.1) is 0 Å². The van der Waals surface area contributed by atoms with Gasteiger partial charge in [-0.25, -0.2) is 9.37 Å². The number of hydrogen-bond donors (Lipinski definition) is 1. The topological polar surface area (TPSA) is 63.1 Å². The third-order valence-corrected chi connectivity index (χ3v) is 4.79. The van der Waals surface area contributed by atoms with Crippen LogP contribution in [0.5, 0.6) is 0 Å². The van der Waals surface area contributed by atoms with E-state index in [1.807, 2.05) is 11.6 Å². The molecule has 1 aliphatic rings. The Morgan fingerprint density at radius 1 is 1.40 bits per heavy atom. The summed E-state index contributed by atoms with van der Waals surface area (Å²) in [6.07, 6.45) is 6.09. The molecule has 0 unspecified atom stereocenters. The van der Waals surface area contributed by atoms with Crippen LogP contribution < -0.4 is 5.32 Å². The van der Waals surface area contributed by atoms with Crippen LogP contribution in [0.2, 0.25) is 0 Å². The van der Waals surface area contributed by atoms with Crippen molar-refractivity contribution in [1.29, 1.82) is 0 Å². The summed E-state index contributed by atoms with van der Waals surface area (Å²) >= 11 is 0. The van der Waals surface area contributed by atoms with Gasteiger partial charge in [-0.3, -0.25) is 14.4 Å². The maximum absolute atomic E-state index is 12.9. The largest absolute Gasteiger partial charge is 0.354 e. The summed E-state index contributed by atoms with van der Waals surface area (Å²) in [5.41, 5.74) is 1.01. The first kappa shape index (κ1) is 17.5. The standard InChI is InChI=1S/C18H24FN5O/c1-14(18(25)21-9-8-15-4-6-16(19)7-5-15)24-10-2-3-17(24)11-23-13-20-12-22-23/h4-7,12-14,17H,2-3,8-11H2,1H3,(H,21,25)/t14-,17-/m1/s1. The average Bonchev–Trinajstić information content (AvgIpc) is 3.28. The minimum Gasteiger partial charge on any atom is -0.354 e. The predicted molar refractivity (Wildman–Crippen MR) is 92.3 cm³/mol. The molecule has 0 spiro atoms. The summed E-state index contributed by atoms with van der Waals surface area (Å²) in [4.78, 5) is 18.7. The molecule has 1 saturated heterocycles. The SMILES string of the molecule is C[C@H](C(=O)NCCc1ccc(F)cc1)N1CCC[C@@H]1Cn1cncn1. The molecule has 25 heavy (non-hydrogen) atoms. The second-order valence-electron chi connectivity index (χ2n) is 6.49. The monoisotopic (exact) mass is 345 g/mol. The Morgan fingerprint density at radius 2 is 2.20 bits per heavy atom. The van der Waals surface area contributed by atoms with Gasteiger partial charge in [-0.05, 0) is 50.4 Å². The Morgan fingerprint density at radius 3 is 2.92 bits per heavy atom. The number of carbonyl (C=O) groups is 1. The molecule has 2 atom stereocenters.